The van der Waals surface area contributed by atoms with Crippen LogP contribution in [0.25, 0.3) is 22.7 Å². The Labute approximate surface area is 179 Å². The summed E-state index contributed by atoms with van der Waals surface area (Å²) < 4.78 is 29.8. The maximum atomic E-state index is 13.4. The number of esters is 1. The molecule has 0 saturated carbocycles. The van der Waals surface area contributed by atoms with E-state index in [1.54, 1.807) is 25.9 Å². The van der Waals surface area contributed by atoms with E-state index in [0.717, 1.165) is 12.8 Å². The summed E-state index contributed by atoms with van der Waals surface area (Å²) in [7, 11) is -0.510. The van der Waals surface area contributed by atoms with Crippen LogP contribution in [0.4, 0.5) is 4.39 Å². The Bertz CT molecular complexity index is 1040. The van der Waals surface area contributed by atoms with Gasteiger partial charge in [-0.3, -0.25) is 0 Å². The second-order valence-electron chi connectivity index (χ2n) is 7.48. The molecule has 0 spiro atoms. The Hall–Kier alpha value is -2.98. The van der Waals surface area contributed by atoms with Gasteiger partial charge in [-0.05, 0) is 63.9 Å². The molecule has 3 aromatic rings. The first-order valence-electron chi connectivity index (χ1n) is 10.3. The second kappa shape index (κ2) is 9.03. The second-order valence-corrected chi connectivity index (χ2v) is 7.48. The zero-order valence-corrected chi connectivity index (χ0v) is 17.4. The summed E-state index contributed by atoms with van der Waals surface area (Å²) in [6, 6.07) is 5.89. The minimum atomic E-state index is -0.580. The molecule has 0 atom stereocenters. The lowest BCUT2D eigenvalue weighted by Gasteiger charge is -2.31. The van der Waals surface area contributed by atoms with Crippen LogP contribution in [0.1, 0.15) is 41.9 Å². The predicted octanol–water partition coefficient (Wildman–Crippen LogP) is 3.60. The molecular formula is C21H23BFN3O5. The first-order valence-corrected chi connectivity index (χ1v) is 10.3. The Kier molecular flexibility index (Phi) is 6.19. The smallest absolute Gasteiger partial charge is 0.376 e. The summed E-state index contributed by atoms with van der Waals surface area (Å²) in [4.78, 5) is 18.3. The average Bonchev–Trinajstić information content (AvgIpc) is 3.42. The number of hydrogen-bond donors (Lipinski definition) is 1. The van der Waals surface area contributed by atoms with Crippen LogP contribution < -0.4 is 0 Å². The van der Waals surface area contributed by atoms with Crippen LogP contribution in [-0.4, -0.2) is 52.7 Å². The summed E-state index contributed by atoms with van der Waals surface area (Å²) in [5.74, 6) is -0.118. The van der Waals surface area contributed by atoms with Gasteiger partial charge < -0.3 is 23.5 Å². The first-order chi connectivity index (χ1) is 15.0. The number of benzene rings is 1. The van der Waals surface area contributed by atoms with Gasteiger partial charge in [0.25, 0.3) is 0 Å². The molecule has 0 radical (unpaired) electrons. The van der Waals surface area contributed by atoms with Crippen LogP contribution in [0.5, 0.6) is 0 Å². The van der Waals surface area contributed by atoms with Crippen LogP contribution in [-0.2, 0) is 4.74 Å². The van der Waals surface area contributed by atoms with Crippen LogP contribution in [0.15, 0.2) is 39.5 Å². The van der Waals surface area contributed by atoms with Crippen molar-refractivity contribution in [1.82, 2.24) is 15.0 Å². The van der Waals surface area contributed by atoms with Crippen molar-refractivity contribution in [2.24, 2.45) is 0 Å². The third-order valence-electron chi connectivity index (χ3n) is 5.47. The zero-order valence-electron chi connectivity index (χ0n) is 17.4. The lowest BCUT2D eigenvalue weighted by Crippen LogP contribution is -2.42. The molecule has 1 N–H and O–H groups in total. The van der Waals surface area contributed by atoms with Gasteiger partial charge in [0.15, 0.2) is 11.5 Å². The number of ether oxygens (including phenoxy) is 1. The van der Waals surface area contributed by atoms with Crippen molar-refractivity contribution in [3.8, 4) is 22.7 Å². The number of rotatable bonds is 6. The summed E-state index contributed by atoms with van der Waals surface area (Å²) in [5, 5.41) is 14.1. The Morgan fingerprint density at radius 1 is 1.32 bits per heavy atom. The molecule has 0 amide bonds. The van der Waals surface area contributed by atoms with Crippen LogP contribution in [0.3, 0.4) is 0 Å². The highest BCUT2D eigenvalue weighted by Gasteiger charge is 2.33. The zero-order chi connectivity index (χ0) is 22.0. The summed E-state index contributed by atoms with van der Waals surface area (Å²) in [6.07, 6.45) is 2.75. The molecule has 4 rings (SSSR count). The van der Waals surface area contributed by atoms with Gasteiger partial charge in [-0.25, -0.2) is 14.2 Å². The van der Waals surface area contributed by atoms with E-state index in [-0.39, 0.29) is 29.9 Å². The standard InChI is InChI=1S/C21H23BFN3O5/c1-3-29-21(27)16-12-30-20(24-16)17-18(13-4-6-15(23)7-5-13)25-31-19(17)14-8-10-26(11-9-14)22(2)28/h4-7,12,14,28H,3,8-11H2,1-2H3. The maximum Gasteiger partial charge on any atom is 0.376 e. The van der Waals surface area contributed by atoms with Gasteiger partial charge >= 0.3 is 13.0 Å². The molecule has 31 heavy (non-hydrogen) atoms. The van der Waals surface area contributed by atoms with Gasteiger partial charge in [0.2, 0.25) is 5.89 Å². The van der Waals surface area contributed by atoms with Gasteiger partial charge in [-0.15, -0.1) is 0 Å². The lowest BCUT2D eigenvalue weighted by molar-refractivity contribution is 0.0519. The molecule has 0 bridgehead atoms. The number of aromatic nitrogens is 2. The molecule has 0 unspecified atom stereocenters. The van der Waals surface area contributed by atoms with Gasteiger partial charge in [0.05, 0.1) is 6.61 Å². The molecule has 8 nitrogen and oxygen atoms in total. The van der Waals surface area contributed by atoms with Gasteiger partial charge in [0.1, 0.15) is 23.3 Å². The third kappa shape index (κ3) is 4.40. The first kappa shape index (κ1) is 21.3. The van der Waals surface area contributed by atoms with Gasteiger partial charge in [0, 0.05) is 11.5 Å². The largest absolute Gasteiger partial charge is 0.461 e. The average molecular weight is 427 g/mol. The Balaban J connectivity index is 1.73. The molecule has 162 valence electrons. The minimum Gasteiger partial charge on any atom is -0.461 e. The third-order valence-corrected chi connectivity index (χ3v) is 5.47. The van der Waals surface area contributed by atoms with E-state index in [9.17, 15) is 14.2 Å². The van der Waals surface area contributed by atoms with Crippen molar-refractivity contribution in [3.05, 3.63) is 47.8 Å². The molecule has 2 aromatic heterocycles. The van der Waals surface area contributed by atoms with E-state index in [1.807, 2.05) is 4.81 Å². The van der Waals surface area contributed by atoms with Crippen LogP contribution >= 0.6 is 0 Å². The SMILES string of the molecule is CCOC(=O)c1coc(-c2c(-c3ccc(F)cc3)noc2C2CCN(B(C)O)CC2)n1. The summed E-state index contributed by atoms with van der Waals surface area (Å²) >= 11 is 0. The normalized spacial score (nSPS) is 15.2. The fourth-order valence-electron chi connectivity index (χ4n) is 3.82. The fraction of sp³-hybridized carbons (Fsp3) is 0.381. The van der Waals surface area contributed by atoms with Gasteiger partial charge in [-0.2, -0.15) is 0 Å². The predicted molar refractivity (Wildman–Crippen MR) is 111 cm³/mol. The minimum absolute atomic E-state index is 0.0321. The highest BCUT2D eigenvalue weighted by Crippen LogP contribution is 2.41. The highest BCUT2D eigenvalue weighted by molar-refractivity contribution is 6.45. The van der Waals surface area contributed by atoms with Gasteiger partial charge in [-0.1, -0.05) is 5.16 Å². The highest BCUT2D eigenvalue weighted by atomic mass is 19.1. The monoisotopic (exact) mass is 427 g/mol. The summed E-state index contributed by atoms with van der Waals surface area (Å²) in [5.41, 5.74) is 1.70. The van der Waals surface area contributed by atoms with Crippen molar-refractivity contribution in [3.63, 3.8) is 0 Å². The Morgan fingerprint density at radius 2 is 2.03 bits per heavy atom. The molecule has 1 fully saturated rings. The molecule has 3 heterocycles. The Morgan fingerprint density at radius 3 is 2.68 bits per heavy atom. The maximum absolute atomic E-state index is 13.4. The van der Waals surface area contributed by atoms with Crippen molar-refractivity contribution >= 4 is 13.0 Å². The lowest BCUT2D eigenvalue weighted by atomic mass is 9.80. The number of carbonyl (C=O) groups excluding carboxylic acids is 1. The van der Waals surface area contributed by atoms with E-state index in [1.165, 1.54) is 18.4 Å². The van der Waals surface area contributed by atoms with E-state index < -0.39 is 13.0 Å². The number of halogens is 1. The number of hydrogen-bond acceptors (Lipinski definition) is 8. The van der Waals surface area contributed by atoms with Crippen LogP contribution in [0.2, 0.25) is 6.82 Å². The molecular weight excluding hydrogens is 404 g/mol. The fourth-order valence-corrected chi connectivity index (χ4v) is 3.82. The number of carbonyl (C=O) groups is 1. The van der Waals surface area contributed by atoms with E-state index in [4.69, 9.17) is 13.7 Å². The number of piperidine rings is 1. The molecule has 1 aliphatic rings. The molecule has 1 aromatic carbocycles. The van der Waals surface area contributed by atoms with Crippen molar-refractivity contribution in [2.45, 2.75) is 32.5 Å². The molecule has 1 saturated heterocycles. The van der Waals surface area contributed by atoms with Crippen molar-refractivity contribution in [2.75, 3.05) is 19.7 Å². The van der Waals surface area contributed by atoms with Crippen molar-refractivity contribution < 1.29 is 27.9 Å². The summed E-state index contributed by atoms with van der Waals surface area (Å²) in [6.45, 7) is 5.09. The van der Waals surface area contributed by atoms with Crippen LogP contribution in [0, 0.1) is 5.82 Å². The topological polar surface area (TPSA) is 102 Å². The molecule has 1 aliphatic heterocycles. The van der Waals surface area contributed by atoms with E-state index >= 15 is 0 Å². The van der Waals surface area contributed by atoms with E-state index in [2.05, 4.69) is 10.1 Å². The number of nitrogens with zero attached hydrogens (tertiary/aromatic N) is 3. The number of oxazole rings is 1. The van der Waals surface area contributed by atoms with E-state index in [0.29, 0.717) is 35.7 Å². The molecule has 10 heteroatoms. The van der Waals surface area contributed by atoms with Crippen molar-refractivity contribution in [1.29, 1.82) is 0 Å². The molecule has 0 aliphatic carbocycles. The quantitative estimate of drug-likeness (QED) is 0.470.